The van der Waals surface area contributed by atoms with E-state index in [0.717, 1.165) is 25.8 Å². The molecule has 1 rings (SSSR count). The van der Waals surface area contributed by atoms with Gasteiger partial charge in [0, 0.05) is 19.2 Å². The summed E-state index contributed by atoms with van der Waals surface area (Å²) in [5, 5.41) is 11.9. The smallest absolute Gasteiger partial charge is 0.237 e. The van der Waals surface area contributed by atoms with Crippen molar-refractivity contribution in [2.24, 2.45) is 0 Å². The lowest BCUT2D eigenvalue weighted by atomic mass is 9.97. The average molecular weight is 228 g/mol. The van der Waals surface area contributed by atoms with Crippen molar-refractivity contribution < 1.29 is 9.90 Å². The molecule has 1 amide bonds. The Hall–Kier alpha value is -0.610. The molecular weight excluding hydrogens is 204 g/mol. The van der Waals surface area contributed by atoms with Crippen molar-refractivity contribution in [2.45, 2.75) is 51.6 Å². The number of carbonyl (C=O) groups excluding carboxylic acids is 1. The van der Waals surface area contributed by atoms with Crippen LogP contribution in [-0.2, 0) is 4.79 Å². The quantitative estimate of drug-likeness (QED) is 0.730. The standard InChI is InChI=1S/C12H24N2O2/c1-3-13-12(16)10(2)14-8-5-4-6-11(14)7-9-15/h10-11,15H,3-9H2,1-2H3,(H,13,16). The van der Waals surface area contributed by atoms with Crippen LogP contribution in [0, 0.1) is 0 Å². The van der Waals surface area contributed by atoms with E-state index >= 15 is 0 Å². The summed E-state index contributed by atoms with van der Waals surface area (Å²) in [6.45, 7) is 5.76. The third-order valence-corrected chi connectivity index (χ3v) is 3.36. The van der Waals surface area contributed by atoms with E-state index in [1.807, 2.05) is 13.8 Å². The minimum Gasteiger partial charge on any atom is -0.396 e. The Labute approximate surface area is 98.0 Å². The zero-order valence-corrected chi connectivity index (χ0v) is 10.4. The van der Waals surface area contributed by atoms with E-state index in [2.05, 4.69) is 10.2 Å². The largest absolute Gasteiger partial charge is 0.396 e. The summed E-state index contributed by atoms with van der Waals surface area (Å²) in [5.74, 6) is 0.104. The second-order valence-electron chi connectivity index (χ2n) is 4.47. The molecule has 1 heterocycles. The first-order valence-electron chi connectivity index (χ1n) is 6.35. The SMILES string of the molecule is CCNC(=O)C(C)N1CCCCC1CCO. The van der Waals surface area contributed by atoms with Crippen molar-refractivity contribution >= 4 is 5.91 Å². The third-order valence-electron chi connectivity index (χ3n) is 3.36. The van der Waals surface area contributed by atoms with Gasteiger partial charge in [-0.05, 0) is 39.7 Å². The van der Waals surface area contributed by atoms with Gasteiger partial charge in [0.1, 0.15) is 0 Å². The van der Waals surface area contributed by atoms with Crippen molar-refractivity contribution in [3.8, 4) is 0 Å². The van der Waals surface area contributed by atoms with Gasteiger partial charge < -0.3 is 10.4 Å². The topological polar surface area (TPSA) is 52.6 Å². The zero-order valence-electron chi connectivity index (χ0n) is 10.4. The molecule has 2 unspecified atom stereocenters. The van der Waals surface area contributed by atoms with Crippen molar-refractivity contribution in [1.29, 1.82) is 0 Å². The van der Waals surface area contributed by atoms with Crippen LogP contribution in [0.5, 0.6) is 0 Å². The lowest BCUT2D eigenvalue weighted by Gasteiger charge is -2.39. The molecule has 1 saturated heterocycles. The fourth-order valence-corrected chi connectivity index (χ4v) is 2.46. The number of likely N-dealkylation sites (tertiary alicyclic amines) is 1. The van der Waals surface area contributed by atoms with Crippen LogP contribution in [0.15, 0.2) is 0 Å². The highest BCUT2D eigenvalue weighted by atomic mass is 16.3. The molecule has 4 nitrogen and oxygen atoms in total. The number of amides is 1. The van der Waals surface area contributed by atoms with Gasteiger partial charge in [0.05, 0.1) is 6.04 Å². The van der Waals surface area contributed by atoms with Crippen LogP contribution in [0.2, 0.25) is 0 Å². The summed E-state index contributed by atoms with van der Waals surface area (Å²) in [4.78, 5) is 14.0. The van der Waals surface area contributed by atoms with Crippen LogP contribution in [0.4, 0.5) is 0 Å². The van der Waals surface area contributed by atoms with Crippen LogP contribution in [0.1, 0.15) is 39.5 Å². The van der Waals surface area contributed by atoms with E-state index in [9.17, 15) is 4.79 Å². The molecule has 1 aliphatic rings. The maximum absolute atomic E-state index is 11.8. The van der Waals surface area contributed by atoms with E-state index in [1.165, 1.54) is 6.42 Å². The fourth-order valence-electron chi connectivity index (χ4n) is 2.46. The first-order chi connectivity index (χ1) is 7.70. The molecule has 2 atom stereocenters. The number of hydrogen-bond donors (Lipinski definition) is 2. The molecule has 0 aromatic rings. The summed E-state index contributed by atoms with van der Waals surface area (Å²) >= 11 is 0. The Morgan fingerprint density at radius 2 is 2.31 bits per heavy atom. The highest BCUT2D eigenvalue weighted by Gasteiger charge is 2.29. The molecule has 16 heavy (non-hydrogen) atoms. The number of piperidine rings is 1. The van der Waals surface area contributed by atoms with Gasteiger partial charge in [-0.25, -0.2) is 0 Å². The lowest BCUT2D eigenvalue weighted by Crippen LogP contribution is -2.51. The summed E-state index contributed by atoms with van der Waals surface area (Å²) in [7, 11) is 0. The second-order valence-corrected chi connectivity index (χ2v) is 4.47. The fraction of sp³-hybridized carbons (Fsp3) is 0.917. The number of nitrogens with zero attached hydrogens (tertiary/aromatic N) is 1. The molecule has 0 radical (unpaired) electrons. The number of carbonyl (C=O) groups is 1. The Bertz CT molecular complexity index is 219. The van der Waals surface area contributed by atoms with E-state index in [1.54, 1.807) is 0 Å². The summed E-state index contributed by atoms with van der Waals surface area (Å²) in [6, 6.07) is 0.299. The minimum absolute atomic E-state index is 0.0724. The monoisotopic (exact) mass is 228 g/mol. The van der Waals surface area contributed by atoms with E-state index < -0.39 is 0 Å². The number of rotatable bonds is 5. The third kappa shape index (κ3) is 3.46. The Kier molecular flexibility index (Phi) is 5.77. The molecule has 0 saturated carbocycles. The van der Waals surface area contributed by atoms with Crippen LogP contribution in [-0.4, -0.2) is 47.7 Å². The second kappa shape index (κ2) is 6.86. The van der Waals surface area contributed by atoms with E-state index in [0.29, 0.717) is 12.6 Å². The van der Waals surface area contributed by atoms with Gasteiger partial charge in [-0.2, -0.15) is 0 Å². The molecule has 1 aliphatic heterocycles. The summed E-state index contributed by atoms with van der Waals surface area (Å²) in [5.41, 5.74) is 0. The van der Waals surface area contributed by atoms with Gasteiger partial charge in [0.15, 0.2) is 0 Å². The van der Waals surface area contributed by atoms with Crippen molar-refractivity contribution in [2.75, 3.05) is 19.7 Å². The van der Waals surface area contributed by atoms with E-state index in [4.69, 9.17) is 5.11 Å². The van der Waals surface area contributed by atoms with Gasteiger partial charge in [-0.1, -0.05) is 6.42 Å². The Morgan fingerprint density at radius 3 is 2.94 bits per heavy atom. The minimum atomic E-state index is -0.0724. The van der Waals surface area contributed by atoms with Crippen LogP contribution in [0.25, 0.3) is 0 Å². The van der Waals surface area contributed by atoms with Gasteiger partial charge in [0.2, 0.25) is 5.91 Å². The molecule has 1 fully saturated rings. The summed E-state index contributed by atoms with van der Waals surface area (Å²) in [6.07, 6.45) is 4.25. The molecule has 0 aromatic heterocycles. The van der Waals surface area contributed by atoms with Crippen LogP contribution in [0.3, 0.4) is 0 Å². The summed E-state index contributed by atoms with van der Waals surface area (Å²) < 4.78 is 0. The molecule has 4 heteroatoms. The number of nitrogens with one attached hydrogen (secondary N) is 1. The molecule has 0 aromatic carbocycles. The average Bonchev–Trinajstić information content (AvgIpc) is 2.29. The Balaban J connectivity index is 2.55. The molecule has 0 aliphatic carbocycles. The number of aliphatic hydroxyl groups is 1. The number of aliphatic hydroxyl groups excluding tert-OH is 1. The maximum atomic E-state index is 11.8. The van der Waals surface area contributed by atoms with Crippen molar-refractivity contribution in [3.05, 3.63) is 0 Å². The van der Waals surface area contributed by atoms with Crippen LogP contribution >= 0.6 is 0 Å². The highest BCUT2D eigenvalue weighted by molar-refractivity contribution is 5.81. The molecule has 94 valence electrons. The Morgan fingerprint density at radius 1 is 1.56 bits per heavy atom. The predicted octanol–water partition coefficient (Wildman–Crippen LogP) is 0.748. The molecule has 2 N–H and O–H groups in total. The normalized spacial score (nSPS) is 24.1. The van der Waals surface area contributed by atoms with Gasteiger partial charge in [0.25, 0.3) is 0 Å². The first kappa shape index (κ1) is 13.5. The van der Waals surface area contributed by atoms with Gasteiger partial charge in [-0.3, -0.25) is 9.69 Å². The molecule has 0 bridgehead atoms. The van der Waals surface area contributed by atoms with Crippen molar-refractivity contribution in [1.82, 2.24) is 10.2 Å². The van der Waals surface area contributed by atoms with Gasteiger partial charge >= 0.3 is 0 Å². The van der Waals surface area contributed by atoms with Crippen molar-refractivity contribution in [3.63, 3.8) is 0 Å². The highest BCUT2D eigenvalue weighted by Crippen LogP contribution is 2.21. The van der Waals surface area contributed by atoms with E-state index in [-0.39, 0.29) is 18.6 Å². The van der Waals surface area contributed by atoms with Crippen LogP contribution < -0.4 is 5.32 Å². The molecular formula is C12H24N2O2. The number of hydrogen-bond acceptors (Lipinski definition) is 3. The molecule has 0 spiro atoms. The lowest BCUT2D eigenvalue weighted by molar-refractivity contribution is -0.127. The zero-order chi connectivity index (χ0) is 12.0. The predicted molar refractivity (Wildman–Crippen MR) is 64.2 cm³/mol. The first-order valence-corrected chi connectivity index (χ1v) is 6.35. The van der Waals surface area contributed by atoms with Gasteiger partial charge in [-0.15, -0.1) is 0 Å². The maximum Gasteiger partial charge on any atom is 0.237 e. The number of likely N-dealkylation sites (N-methyl/N-ethyl adjacent to an activating group) is 1.